The van der Waals surface area contributed by atoms with E-state index >= 15 is 0 Å². The van der Waals surface area contributed by atoms with Gasteiger partial charge in [-0.25, -0.2) is 0 Å². The van der Waals surface area contributed by atoms with Crippen molar-refractivity contribution in [2.75, 3.05) is 5.75 Å². The lowest BCUT2D eigenvalue weighted by molar-refractivity contribution is -0.139. The van der Waals surface area contributed by atoms with Crippen molar-refractivity contribution in [2.45, 2.75) is 11.1 Å². The fourth-order valence-corrected chi connectivity index (χ4v) is 4.20. The Balaban J connectivity index is 2.21. The number of benzene rings is 1. The van der Waals surface area contributed by atoms with Gasteiger partial charge in [-0.1, -0.05) is 40.5 Å². The number of oxime groups is 1. The second-order valence-electron chi connectivity index (χ2n) is 4.07. The van der Waals surface area contributed by atoms with Crippen LogP contribution >= 0.6 is 46.3 Å². The molecule has 1 N–H and O–H groups in total. The molecule has 0 fully saturated rings. The quantitative estimate of drug-likeness (QED) is 0.301. The van der Waals surface area contributed by atoms with E-state index < -0.39 is 11.7 Å². The molecule has 0 aliphatic heterocycles. The highest BCUT2D eigenvalue weighted by Crippen LogP contribution is 2.37. The fourth-order valence-electron chi connectivity index (χ4n) is 1.67. The number of nitrogens with zero attached hydrogens (tertiary/aromatic N) is 1. The average Bonchev–Trinajstić information content (AvgIpc) is 2.78. The summed E-state index contributed by atoms with van der Waals surface area (Å²) >= 11 is 13.8. The van der Waals surface area contributed by atoms with Crippen LogP contribution in [-0.2, 0) is 6.18 Å². The number of alkyl halides is 3. The van der Waals surface area contributed by atoms with Crippen LogP contribution in [0.4, 0.5) is 13.2 Å². The summed E-state index contributed by atoms with van der Waals surface area (Å²) in [5, 5.41) is 12.2. The molecule has 22 heavy (non-hydrogen) atoms. The van der Waals surface area contributed by atoms with Gasteiger partial charge in [0.05, 0.1) is 15.6 Å². The highest BCUT2D eigenvalue weighted by atomic mass is 35.5. The predicted octanol–water partition coefficient (Wildman–Crippen LogP) is 6.04. The van der Waals surface area contributed by atoms with Crippen molar-refractivity contribution < 1.29 is 18.4 Å². The topological polar surface area (TPSA) is 32.6 Å². The Morgan fingerprint density at radius 2 is 1.95 bits per heavy atom. The van der Waals surface area contributed by atoms with Crippen LogP contribution in [0.15, 0.2) is 40.4 Å². The third-order valence-corrected chi connectivity index (χ3v) is 5.22. The van der Waals surface area contributed by atoms with Gasteiger partial charge < -0.3 is 5.21 Å². The van der Waals surface area contributed by atoms with Crippen molar-refractivity contribution >= 4 is 52.0 Å². The van der Waals surface area contributed by atoms with Gasteiger partial charge in [0.15, 0.2) is 0 Å². The first kappa shape index (κ1) is 17.5. The number of thioether (sulfide) groups is 1. The summed E-state index contributed by atoms with van der Waals surface area (Å²) in [5.74, 6) is 0.0242. The van der Waals surface area contributed by atoms with Gasteiger partial charge >= 0.3 is 6.18 Å². The summed E-state index contributed by atoms with van der Waals surface area (Å²) in [6.45, 7) is 0. The molecule has 0 amide bonds. The van der Waals surface area contributed by atoms with E-state index in [1.54, 1.807) is 0 Å². The second kappa shape index (κ2) is 7.12. The summed E-state index contributed by atoms with van der Waals surface area (Å²) in [6.07, 6.45) is -4.44. The second-order valence-corrected chi connectivity index (χ2v) is 7.37. The minimum Gasteiger partial charge on any atom is -0.411 e. The largest absolute Gasteiger partial charge is 0.417 e. The molecule has 118 valence electrons. The Morgan fingerprint density at radius 1 is 1.27 bits per heavy atom. The molecule has 0 spiro atoms. The SMILES string of the molecule is O/N=C(/CSc1ccccc1C(F)(F)F)c1cc(Cl)sc1Cl. The lowest BCUT2D eigenvalue weighted by Gasteiger charge is -2.12. The molecule has 0 unspecified atom stereocenters. The van der Waals surface area contributed by atoms with Crippen LogP contribution in [0.5, 0.6) is 0 Å². The van der Waals surface area contributed by atoms with Gasteiger partial charge in [0, 0.05) is 16.2 Å². The molecule has 0 saturated heterocycles. The summed E-state index contributed by atoms with van der Waals surface area (Å²) in [5.41, 5.74) is -0.155. The normalized spacial score (nSPS) is 12.7. The molecule has 1 aromatic heterocycles. The number of rotatable bonds is 4. The van der Waals surface area contributed by atoms with Gasteiger partial charge in [-0.2, -0.15) is 13.2 Å². The maximum atomic E-state index is 12.9. The van der Waals surface area contributed by atoms with Gasteiger partial charge in [-0.15, -0.1) is 23.1 Å². The van der Waals surface area contributed by atoms with Crippen LogP contribution in [0.2, 0.25) is 8.67 Å². The molecule has 0 bridgehead atoms. The molecule has 9 heteroatoms. The first-order valence-corrected chi connectivity index (χ1v) is 8.34. The van der Waals surface area contributed by atoms with Crippen LogP contribution in [0.1, 0.15) is 11.1 Å². The van der Waals surface area contributed by atoms with E-state index in [0.717, 1.165) is 29.2 Å². The van der Waals surface area contributed by atoms with Crippen LogP contribution in [-0.4, -0.2) is 16.7 Å². The van der Waals surface area contributed by atoms with Crippen LogP contribution in [0, 0.1) is 0 Å². The van der Waals surface area contributed by atoms with Crippen molar-refractivity contribution in [2.24, 2.45) is 5.16 Å². The minimum absolute atomic E-state index is 0.0242. The molecule has 2 nitrogen and oxygen atoms in total. The lowest BCUT2D eigenvalue weighted by atomic mass is 10.2. The highest BCUT2D eigenvalue weighted by Gasteiger charge is 2.33. The van der Waals surface area contributed by atoms with E-state index in [4.69, 9.17) is 28.4 Å². The molecule has 2 rings (SSSR count). The Kier molecular flexibility index (Phi) is 5.65. The Labute approximate surface area is 142 Å². The third-order valence-electron chi connectivity index (χ3n) is 2.65. The molecule has 0 aliphatic rings. The smallest absolute Gasteiger partial charge is 0.411 e. The Bertz CT molecular complexity index is 701. The average molecular weight is 386 g/mol. The zero-order chi connectivity index (χ0) is 16.3. The predicted molar refractivity (Wildman–Crippen MR) is 84.8 cm³/mol. The summed E-state index contributed by atoms with van der Waals surface area (Å²) < 4.78 is 39.5. The molecule has 0 saturated carbocycles. The van der Waals surface area contributed by atoms with Crippen molar-refractivity contribution in [3.8, 4) is 0 Å². The number of hydrogen-bond donors (Lipinski definition) is 1. The first-order chi connectivity index (χ1) is 10.3. The zero-order valence-corrected chi connectivity index (χ0v) is 13.8. The van der Waals surface area contributed by atoms with E-state index in [-0.39, 0.29) is 16.4 Å². The maximum absolute atomic E-state index is 12.9. The highest BCUT2D eigenvalue weighted by molar-refractivity contribution is 8.00. The van der Waals surface area contributed by atoms with Gasteiger partial charge in [-0.3, -0.25) is 0 Å². The zero-order valence-electron chi connectivity index (χ0n) is 10.7. The molecule has 0 atom stereocenters. The molecule has 0 aliphatic carbocycles. The van der Waals surface area contributed by atoms with Crippen molar-refractivity contribution in [1.29, 1.82) is 0 Å². The number of thiophene rings is 1. The summed E-state index contributed by atoms with van der Waals surface area (Å²) in [6, 6.07) is 6.72. The molecule has 2 aromatic rings. The Morgan fingerprint density at radius 3 is 2.50 bits per heavy atom. The van der Waals surface area contributed by atoms with E-state index in [1.165, 1.54) is 24.3 Å². The van der Waals surface area contributed by atoms with E-state index in [1.807, 2.05) is 0 Å². The van der Waals surface area contributed by atoms with Crippen LogP contribution in [0.3, 0.4) is 0 Å². The summed E-state index contributed by atoms with van der Waals surface area (Å²) in [7, 11) is 0. The fraction of sp³-hybridized carbons (Fsp3) is 0.154. The lowest BCUT2D eigenvalue weighted by Crippen LogP contribution is -2.08. The monoisotopic (exact) mass is 385 g/mol. The van der Waals surface area contributed by atoms with E-state index in [2.05, 4.69) is 5.16 Å². The maximum Gasteiger partial charge on any atom is 0.417 e. The van der Waals surface area contributed by atoms with Gasteiger partial charge in [0.2, 0.25) is 0 Å². The standard InChI is InChI=1S/C13H8Cl2F3NOS2/c14-11-5-7(12(15)22-11)9(19-20)6-21-10-4-2-1-3-8(10)13(16,17)18/h1-5,20H,6H2/b19-9-. The van der Waals surface area contributed by atoms with Gasteiger partial charge in [0.25, 0.3) is 0 Å². The Hall–Kier alpha value is -0.890. The minimum atomic E-state index is -4.44. The van der Waals surface area contributed by atoms with Crippen molar-refractivity contribution in [1.82, 2.24) is 0 Å². The number of halogens is 5. The molecule has 0 radical (unpaired) electrons. The van der Waals surface area contributed by atoms with Crippen molar-refractivity contribution in [3.63, 3.8) is 0 Å². The van der Waals surface area contributed by atoms with Crippen LogP contribution < -0.4 is 0 Å². The molecular formula is C13H8Cl2F3NOS2. The van der Waals surface area contributed by atoms with Crippen LogP contribution in [0.25, 0.3) is 0 Å². The van der Waals surface area contributed by atoms with Gasteiger partial charge in [0.1, 0.15) is 4.34 Å². The van der Waals surface area contributed by atoms with E-state index in [9.17, 15) is 13.2 Å². The summed E-state index contributed by atoms with van der Waals surface area (Å²) in [4.78, 5) is 0.0496. The molecular weight excluding hydrogens is 378 g/mol. The third kappa shape index (κ3) is 4.10. The first-order valence-electron chi connectivity index (χ1n) is 5.78. The van der Waals surface area contributed by atoms with E-state index in [0.29, 0.717) is 14.2 Å². The van der Waals surface area contributed by atoms with Gasteiger partial charge in [-0.05, 0) is 18.2 Å². The molecule has 1 aromatic carbocycles. The van der Waals surface area contributed by atoms with Crippen molar-refractivity contribution in [3.05, 3.63) is 50.1 Å². The molecule has 1 heterocycles. The number of hydrogen-bond acceptors (Lipinski definition) is 4.